The van der Waals surface area contributed by atoms with Crippen LogP contribution in [0.1, 0.15) is 33.1 Å². The van der Waals surface area contributed by atoms with Crippen molar-refractivity contribution >= 4 is 5.91 Å². The molecule has 4 nitrogen and oxygen atoms in total. The molecule has 0 aromatic carbocycles. The number of likely N-dealkylation sites (N-methyl/N-ethyl adjacent to an activating group) is 1. The maximum Gasteiger partial charge on any atom is 0.237 e. The van der Waals surface area contributed by atoms with Crippen LogP contribution >= 0.6 is 0 Å². The Labute approximate surface area is 97.6 Å². The number of amides is 1. The quantitative estimate of drug-likeness (QED) is 0.704. The Morgan fingerprint density at radius 2 is 2.25 bits per heavy atom. The van der Waals surface area contributed by atoms with Gasteiger partial charge >= 0.3 is 0 Å². The highest BCUT2D eigenvalue weighted by molar-refractivity contribution is 5.80. The lowest BCUT2D eigenvalue weighted by Crippen LogP contribution is -2.38. The van der Waals surface area contributed by atoms with E-state index in [1.807, 2.05) is 13.0 Å². The molecule has 1 atom stereocenters. The van der Waals surface area contributed by atoms with Gasteiger partial charge in [0.05, 0.1) is 6.07 Å². The first kappa shape index (κ1) is 13.0. The van der Waals surface area contributed by atoms with Crippen molar-refractivity contribution in [2.75, 3.05) is 19.6 Å². The lowest BCUT2D eigenvalue weighted by Gasteiger charge is -2.20. The van der Waals surface area contributed by atoms with Crippen LogP contribution in [0.5, 0.6) is 0 Å². The van der Waals surface area contributed by atoms with Gasteiger partial charge < -0.3 is 5.32 Å². The van der Waals surface area contributed by atoms with Gasteiger partial charge in [0.2, 0.25) is 5.91 Å². The van der Waals surface area contributed by atoms with Gasteiger partial charge in [-0.15, -0.1) is 0 Å². The first-order valence-electron chi connectivity index (χ1n) is 6.14. The zero-order chi connectivity index (χ0) is 12.0. The fourth-order valence-electron chi connectivity index (χ4n) is 1.82. The molecule has 1 unspecified atom stereocenters. The molecule has 0 saturated heterocycles. The summed E-state index contributed by atoms with van der Waals surface area (Å²) in [6, 6.07) is 2.75. The van der Waals surface area contributed by atoms with E-state index in [9.17, 15) is 4.79 Å². The predicted molar refractivity (Wildman–Crippen MR) is 62.7 cm³/mol. The summed E-state index contributed by atoms with van der Waals surface area (Å²) in [4.78, 5) is 13.9. The number of carbonyl (C=O) groups is 1. The monoisotopic (exact) mass is 223 g/mol. The highest BCUT2D eigenvalue weighted by atomic mass is 16.1. The van der Waals surface area contributed by atoms with E-state index in [4.69, 9.17) is 5.26 Å². The van der Waals surface area contributed by atoms with Crippen LogP contribution in [0.25, 0.3) is 0 Å². The van der Waals surface area contributed by atoms with Crippen molar-refractivity contribution in [2.45, 2.75) is 39.2 Å². The Hall–Kier alpha value is -1.08. The molecular weight excluding hydrogens is 202 g/mol. The van der Waals surface area contributed by atoms with Crippen LogP contribution in [-0.2, 0) is 4.79 Å². The molecule has 1 rings (SSSR count). The average molecular weight is 223 g/mol. The van der Waals surface area contributed by atoms with Crippen LogP contribution in [0.3, 0.4) is 0 Å². The smallest absolute Gasteiger partial charge is 0.237 e. The van der Waals surface area contributed by atoms with E-state index in [-0.39, 0.29) is 5.91 Å². The van der Waals surface area contributed by atoms with Crippen molar-refractivity contribution in [3.8, 4) is 6.07 Å². The van der Waals surface area contributed by atoms with Crippen molar-refractivity contribution in [2.24, 2.45) is 5.92 Å². The number of nitrogens with zero attached hydrogens (tertiary/aromatic N) is 2. The van der Waals surface area contributed by atoms with E-state index in [1.165, 1.54) is 12.8 Å². The minimum Gasteiger partial charge on any atom is -0.354 e. The number of carbonyl (C=O) groups excluding carboxylic acids is 1. The summed E-state index contributed by atoms with van der Waals surface area (Å²) >= 11 is 0. The van der Waals surface area contributed by atoms with Crippen molar-refractivity contribution in [1.82, 2.24) is 10.2 Å². The van der Waals surface area contributed by atoms with Gasteiger partial charge in [0.15, 0.2) is 0 Å². The minimum absolute atomic E-state index is 0.128. The van der Waals surface area contributed by atoms with E-state index >= 15 is 0 Å². The molecule has 90 valence electrons. The molecule has 0 aromatic heterocycles. The van der Waals surface area contributed by atoms with Crippen molar-refractivity contribution < 1.29 is 4.79 Å². The molecule has 0 aliphatic heterocycles. The molecule has 0 aromatic rings. The van der Waals surface area contributed by atoms with Gasteiger partial charge in [0.25, 0.3) is 0 Å². The summed E-state index contributed by atoms with van der Waals surface area (Å²) in [6.07, 6.45) is 3.16. The van der Waals surface area contributed by atoms with Crippen LogP contribution in [-0.4, -0.2) is 36.5 Å². The second-order valence-electron chi connectivity index (χ2n) is 4.24. The lowest BCUT2D eigenvalue weighted by molar-refractivity contribution is -0.123. The second-order valence-corrected chi connectivity index (χ2v) is 4.24. The molecule has 1 aliphatic rings. The summed E-state index contributed by atoms with van der Waals surface area (Å²) in [5, 5.41) is 11.6. The second kappa shape index (κ2) is 6.49. The zero-order valence-electron chi connectivity index (χ0n) is 10.2. The summed E-state index contributed by atoms with van der Waals surface area (Å²) in [6.45, 7) is 6.59. The summed E-state index contributed by atoms with van der Waals surface area (Å²) in [7, 11) is 0. The van der Waals surface area contributed by atoms with Gasteiger partial charge in [-0.3, -0.25) is 9.69 Å². The molecule has 0 heterocycles. The number of hydrogen-bond acceptors (Lipinski definition) is 3. The number of hydrogen-bond donors (Lipinski definition) is 1. The highest BCUT2D eigenvalue weighted by Crippen LogP contribution is 2.25. The highest BCUT2D eigenvalue weighted by Gasteiger charge is 2.27. The Bertz CT molecular complexity index is 268. The van der Waals surface area contributed by atoms with E-state index in [0.29, 0.717) is 13.0 Å². The predicted octanol–water partition coefficient (Wildman–Crippen LogP) is 1.14. The number of rotatable bonds is 7. The first-order chi connectivity index (χ1) is 7.72. The van der Waals surface area contributed by atoms with Gasteiger partial charge in [-0.05, 0) is 25.8 Å². The third-order valence-corrected chi connectivity index (χ3v) is 3.05. The fraction of sp³-hybridized carbons (Fsp3) is 0.833. The third-order valence-electron chi connectivity index (χ3n) is 3.05. The van der Waals surface area contributed by atoms with Crippen LogP contribution in [0.2, 0.25) is 0 Å². The largest absolute Gasteiger partial charge is 0.354 e. The van der Waals surface area contributed by atoms with E-state index in [1.54, 1.807) is 0 Å². The van der Waals surface area contributed by atoms with Crippen LogP contribution < -0.4 is 5.32 Å². The van der Waals surface area contributed by atoms with Gasteiger partial charge in [-0.1, -0.05) is 13.8 Å². The minimum atomic E-state index is -0.490. The molecule has 4 heteroatoms. The summed E-state index contributed by atoms with van der Waals surface area (Å²) in [5.74, 6) is -0.618. The summed E-state index contributed by atoms with van der Waals surface area (Å²) < 4.78 is 0. The molecule has 1 N–H and O–H groups in total. The molecule has 1 fully saturated rings. The molecule has 0 bridgehead atoms. The van der Waals surface area contributed by atoms with E-state index < -0.39 is 5.92 Å². The van der Waals surface area contributed by atoms with Gasteiger partial charge in [0.1, 0.15) is 5.92 Å². The Morgan fingerprint density at radius 1 is 1.56 bits per heavy atom. The third kappa shape index (κ3) is 3.82. The molecule has 1 amide bonds. The molecule has 0 spiro atoms. The summed E-state index contributed by atoms with van der Waals surface area (Å²) in [5.41, 5.74) is 0. The van der Waals surface area contributed by atoms with Crippen molar-refractivity contribution in [1.29, 1.82) is 5.26 Å². The topological polar surface area (TPSA) is 56.1 Å². The van der Waals surface area contributed by atoms with Crippen LogP contribution in [0, 0.1) is 17.2 Å². The molecule has 1 aliphatic carbocycles. The maximum absolute atomic E-state index is 11.5. The number of nitrogens with one attached hydrogen (secondary N) is 1. The van der Waals surface area contributed by atoms with Crippen LogP contribution in [0.15, 0.2) is 0 Å². The molecular formula is C12H21N3O. The van der Waals surface area contributed by atoms with E-state index in [2.05, 4.69) is 17.1 Å². The first-order valence-corrected chi connectivity index (χ1v) is 6.14. The van der Waals surface area contributed by atoms with Gasteiger partial charge in [0, 0.05) is 19.1 Å². The van der Waals surface area contributed by atoms with Crippen molar-refractivity contribution in [3.05, 3.63) is 0 Å². The normalized spacial score (nSPS) is 16.9. The van der Waals surface area contributed by atoms with Gasteiger partial charge in [-0.2, -0.15) is 5.26 Å². The standard InChI is InChI=1S/C12H21N3O/c1-3-10(9-13)12(16)14-7-8-15(4-2)11-5-6-11/h10-11H,3-8H2,1-2H3,(H,14,16). The molecule has 16 heavy (non-hydrogen) atoms. The zero-order valence-corrected chi connectivity index (χ0v) is 10.2. The van der Waals surface area contributed by atoms with E-state index in [0.717, 1.165) is 19.1 Å². The Balaban J connectivity index is 2.18. The SMILES string of the molecule is CCC(C#N)C(=O)NCCN(CC)C1CC1. The van der Waals surface area contributed by atoms with Crippen molar-refractivity contribution in [3.63, 3.8) is 0 Å². The fourth-order valence-corrected chi connectivity index (χ4v) is 1.82. The average Bonchev–Trinajstić information content (AvgIpc) is 3.10. The molecule has 0 radical (unpaired) electrons. The number of nitriles is 1. The lowest BCUT2D eigenvalue weighted by atomic mass is 10.1. The maximum atomic E-state index is 11.5. The Kier molecular flexibility index (Phi) is 5.27. The molecule has 1 saturated carbocycles. The van der Waals surface area contributed by atoms with Gasteiger partial charge in [-0.25, -0.2) is 0 Å². The Morgan fingerprint density at radius 3 is 2.69 bits per heavy atom. The van der Waals surface area contributed by atoms with Crippen LogP contribution in [0.4, 0.5) is 0 Å².